The standard InChI is InChI=1S/C20H24FN3O4S/c1-4-13-22-20(26)17-7-5-6-8-18(17)23-19(25)14(2)24(29(3,27)28)16-11-9-15(21)10-12-16/h5-12,14H,4,13H2,1-3H3,(H,22,26)(H,23,25). The molecular formula is C20H24FN3O4S. The first-order valence-corrected chi connectivity index (χ1v) is 10.9. The Morgan fingerprint density at radius 3 is 2.31 bits per heavy atom. The second kappa shape index (κ2) is 9.51. The normalized spacial score (nSPS) is 12.1. The molecule has 0 fully saturated rings. The van der Waals surface area contributed by atoms with Crippen molar-refractivity contribution in [2.24, 2.45) is 0 Å². The van der Waals surface area contributed by atoms with E-state index in [4.69, 9.17) is 0 Å². The van der Waals surface area contributed by atoms with Gasteiger partial charge < -0.3 is 10.6 Å². The third-order valence-corrected chi connectivity index (χ3v) is 5.38. The summed E-state index contributed by atoms with van der Waals surface area (Å²) in [5.41, 5.74) is 0.699. The molecule has 9 heteroatoms. The molecule has 0 aliphatic carbocycles. The van der Waals surface area contributed by atoms with Gasteiger partial charge in [0, 0.05) is 6.54 Å². The van der Waals surface area contributed by atoms with Gasteiger partial charge in [0.15, 0.2) is 0 Å². The van der Waals surface area contributed by atoms with Crippen LogP contribution in [0.1, 0.15) is 30.6 Å². The summed E-state index contributed by atoms with van der Waals surface area (Å²) in [5, 5.41) is 5.36. The minimum absolute atomic E-state index is 0.158. The van der Waals surface area contributed by atoms with Gasteiger partial charge >= 0.3 is 0 Å². The highest BCUT2D eigenvalue weighted by Gasteiger charge is 2.29. The third kappa shape index (κ3) is 5.77. The lowest BCUT2D eigenvalue weighted by molar-refractivity contribution is -0.116. The monoisotopic (exact) mass is 421 g/mol. The molecule has 0 bridgehead atoms. The van der Waals surface area contributed by atoms with E-state index in [0.717, 1.165) is 29.1 Å². The summed E-state index contributed by atoms with van der Waals surface area (Å²) in [4.78, 5) is 25.1. The summed E-state index contributed by atoms with van der Waals surface area (Å²) < 4.78 is 38.7. The van der Waals surface area contributed by atoms with E-state index < -0.39 is 27.8 Å². The Morgan fingerprint density at radius 1 is 1.10 bits per heavy atom. The fourth-order valence-electron chi connectivity index (χ4n) is 2.76. The maximum absolute atomic E-state index is 13.2. The van der Waals surface area contributed by atoms with Crippen LogP contribution in [0.4, 0.5) is 15.8 Å². The number of hydrogen-bond donors (Lipinski definition) is 2. The van der Waals surface area contributed by atoms with Gasteiger partial charge in [-0.25, -0.2) is 12.8 Å². The van der Waals surface area contributed by atoms with E-state index in [1.165, 1.54) is 19.1 Å². The summed E-state index contributed by atoms with van der Waals surface area (Å²) in [7, 11) is -3.84. The van der Waals surface area contributed by atoms with Crippen LogP contribution in [0.3, 0.4) is 0 Å². The van der Waals surface area contributed by atoms with Crippen molar-refractivity contribution in [1.82, 2.24) is 5.32 Å². The summed E-state index contributed by atoms with van der Waals surface area (Å²) in [6.07, 6.45) is 1.73. The SMILES string of the molecule is CCCNC(=O)c1ccccc1NC(=O)C(C)N(c1ccc(F)cc1)S(C)(=O)=O. The average Bonchev–Trinajstić information content (AvgIpc) is 2.67. The molecule has 0 radical (unpaired) electrons. The Balaban J connectivity index is 2.29. The molecule has 1 unspecified atom stereocenters. The van der Waals surface area contributed by atoms with Gasteiger partial charge in [-0.3, -0.25) is 13.9 Å². The van der Waals surface area contributed by atoms with Crippen LogP contribution >= 0.6 is 0 Å². The molecule has 0 saturated carbocycles. The number of hydrogen-bond acceptors (Lipinski definition) is 4. The van der Waals surface area contributed by atoms with Crippen LogP contribution in [0.2, 0.25) is 0 Å². The Labute approximate surface area is 170 Å². The average molecular weight is 421 g/mol. The van der Waals surface area contributed by atoms with E-state index in [1.807, 2.05) is 6.92 Å². The highest BCUT2D eigenvalue weighted by molar-refractivity contribution is 7.92. The lowest BCUT2D eigenvalue weighted by Gasteiger charge is -2.28. The first kappa shape index (κ1) is 22.4. The minimum Gasteiger partial charge on any atom is -0.352 e. The molecule has 0 saturated heterocycles. The smallest absolute Gasteiger partial charge is 0.253 e. The molecule has 2 aromatic carbocycles. The van der Waals surface area contributed by atoms with Gasteiger partial charge in [-0.15, -0.1) is 0 Å². The number of amides is 2. The first-order valence-electron chi connectivity index (χ1n) is 9.08. The summed E-state index contributed by atoms with van der Waals surface area (Å²) in [6, 6.07) is 10.1. The number of rotatable bonds is 8. The van der Waals surface area contributed by atoms with E-state index in [9.17, 15) is 22.4 Å². The highest BCUT2D eigenvalue weighted by atomic mass is 32.2. The predicted molar refractivity (Wildman–Crippen MR) is 111 cm³/mol. The largest absolute Gasteiger partial charge is 0.352 e. The Hall–Kier alpha value is -2.94. The van der Waals surface area contributed by atoms with E-state index >= 15 is 0 Å². The number of sulfonamides is 1. The number of nitrogens with one attached hydrogen (secondary N) is 2. The Bertz CT molecular complexity index is 977. The summed E-state index contributed by atoms with van der Waals surface area (Å²) in [5.74, 6) is -1.49. The minimum atomic E-state index is -3.84. The molecule has 0 aliphatic rings. The van der Waals surface area contributed by atoms with Crippen molar-refractivity contribution >= 4 is 33.2 Å². The van der Waals surface area contributed by atoms with Crippen LogP contribution in [0.25, 0.3) is 0 Å². The Morgan fingerprint density at radius 2 is 1.72 bits per heavy atom. The molecule has 2 rings (SSSR count). The molecule has 0 aromatic heterocycles. The zero-order chi connectivity index (χ0) is 21.6. The number of carbonyl (C=O) groups is 2. The molecule has 0 aliphatic heterocycles. The first-order chi connectivity index (χ1) is 13.6. The molecule has 7 nitrogen and oxygen atoms in total. The number of para-hydroxylation sites is 1. The quantitative estimate of drug-likeness (QED) is 0.685. The lowest BCUT2D eigenvalue weighted by atomic mass is 10.1. The fraction of sp³-hybridized carbons (Fsp3) is 0.300. The molecular weight excluding hydrogens is 397 g/mol. The predicted octanol–water partition coefficient (Wildman–Crippen LogP) is 2.76. The number of carbonyl (C=O) groups excluding carboxylic acids is 2. The van der Waals surface area contributed by atoms with Crippen molar-refractivity contribution in [2.75, 3.05) is 22.4 Å². The van der Waals surface area contributed by atoms with Crippen molar-refractivity contribution in [3.05, 3.63) is 59.9 Å². The molecule has 2 amide bonds. The van der Waals surface area contributed by atoms with Gasteiger partial charge in [-0.1, -0.05) is 19.1 Å². The van der Waals surface area contributed by atoms with Crippen LogP contribution < -0.4 is 14.9 Å². The summed E-state index contributed by atoms with van der Waals surface area (Å²) in [6.45, 7) is 3.83. The number of anilines is 2. The van der Waals surface area contributed by atoms with Gasteiger partial charge in [-0.05, 0) is 49.7 Å². The van der Waals surface area contributed by atoms with Crippen LogP contribution in [0.5, 0.6) is 0 Å². The van der Waals surface area contributed by atoms with Crippen LogP contribution in [0, 0.1) is 5.82 Å². The zero-order valence-corrected chi connectivity index (χ0v) is 17.3. The third-order valence-electron chi connectivity index (χ3n) is 4.13. The maximum atomic E-state index is 13.2. The molecule has 0 heterocycles. The van der Waals surface area contributed by atoms with Crippen LogP contribution in [-0.2, 0) is 14.8 Å². The number of nitrogens with zero attached hydrogens (tertiary/aromatic N) is 1. The van der Waals surface area contributed by atoms with Crippen LogP contribution in [0.15, 0.2) is 48.5 Å². The lowest BCUT2D eigenvalue weighted by Crippen LogP contribution is -2.45. The van der Waals surface area contributed by atoms with Gasteiger partial charge in [0.1, 0.15) is 11.9 Å². The molecule has 156 valence electrons. The van der Waals surface area contributed by atoms with Gasteiger partial charge in [0.2, 0.25) is 15.9 Å². The van der Waals surface area contributed by atoms with Crippen LogP contribution in [-0.4, -0.2) is 39.1 Å². The second-order valence-corrected chi connectivity index (χ2v) is 8.36. The van der Waals surface area contributed by atoms with Crippen molar-refractivity contribution in [2.45, 2.75) is 26.3 Å². The second-order valence-electron chi connectivity index (χ2n) is 6.50. The molecule has 29 heavy (non-hydrogen) atoms. The molecule has 1 atom stereocenters. The maximum Gasteiger partial charge on any atom is 0.253 e. The zero-order valence-electron chi connectivity index (χ0n) is 16.5. The molecule has 2 N–H and O–H groups in total. The van der Waals surface area contributed by atoms with Crippen molar-refractivity contribution in [3.63, 3.8) is 0 Å². The highest BCUT2D eigenvalue weighted by Crippen LogP contribution is 2.23. The van der Waals surface area contributed by atoms with Crippen molar-refractivity contribution in [1.29, 1.82) is 0 Å². The fourth-order valence-corrected chi connectivity index (χ4v) is 3.93. The number of benzene rings is 2. The van der Waals surface area contributed by atoms with Gasteiger partial charge in [0.25, 0.3) is 5.91 Å². The topological polar surface area (TPSA) is 95.6 Å². The summed E-state index contributed by atoms with van der Waals surface area (Å²) >= 11 is 0. The molecule has 2 aromatic rings. The van der Waals surface area contributed by atoms with E-state index in [1.54, 1.807) is 24.3 Å². The van der Waals surface area contributed by atoms with E-state index in [0.29, 0.717) is 6.54 Å². The van der Waals surface area contributed by atoms with E-state index in [2.05, 4.69) is 10.6 Å². The van der Waals surface area contributed by atoms with Gasteiger partial charge in [-0.2, -0.15) is 0 Å². The Kier molecular flexibility index (Phi) is 7.33. The molecule has 0 spiro atoms. The van der Waals surface area contributed by atoms with E-state index in [-0.39, 0.29) is 22.8 Å². The van der Waals surface area contributed by atoms with Crippen molar-refractivity contribution < 1.29 is 22.4 Å². The number of halogens is 1. The van der Waals surface area contributed by atoms with Gasteiger partial charge in [0.05, 0.1) is 23.2 Å². The van der Waals surface area contributed by atoms with Crippen molar-refractivity contribution in [3.8, 4) is 0 Å².